The monoisotopic (exact) mass is 339 g/mol. The van der Waals surface area contributed by atoms with Crippen LogP contribution in [0.3, 0.4) is 0 Å². The molecule has 1 heterocycles. The van der Waals surface area contributed by atoms with Crippen molar-refractivity contribution < 1.29 is 0 Å². The summed E-state index contributed by atoms with van der Waals surface area (Å²) in [4.78, 5) is 2.58. The molecule has 1 saturated heterocycles. The zero-order chi connectivity index (χ0) is 14.6. The SMILES string of the molecule is CC(C)(C(Cc1cccc(Br)c1)NN)N1CCCCC1. The van der Waals surface area contributed by atoms with Crippen molar-refractivity contribution >= 4 is 15.9 Å². The number of hydrazine groups is 1. The predicted molar refractivity (Wildman–Crippen MR) is 88.5 cm³/mol. The van der Waals surface area contributed by atoms with E-state index in [1.807, 2.05) is 0 Å². The number of piperidine rings is 1. The highest BCUT2D eigenvalue weighted by Gasteiger charge is 2.35. The summed E-state index contributed by atoms with van der Waals surface area (Å²) in [6.07, 6.45) is 4.91. The van der Waals surface area contributed by atoms with Crippen molar-refractivity contribution in [3.05, 3.63) is 34.3 Å². The Kier molecular flexibility index (Phi) is 5.61. The fraction of sp³-hybridized carbons (Fsp3) is 0.625. The molecular weight excluding hydrogens is 314 g/mol. The van der Waals surface area contributed by atoms with Crippen LogP contribution in [-0.4, -0.2) is 29.6 Å². The molecule has 1 aromatic rings. The van der Waals surface area contributed by atoms with Crippen LogP contribution in [-0.2, 0) is 6.42 Å². The Balaban J connectivity index is 2.09. The van der Waals surface area contributed by atoms with Gasteiger partial charge in [-0.2, -0.15) is 0 Å². The second-order valence-corrected chi connectivity index (χ2v) is 7.17. The Labute approximate surface area is 131 Å². The fourth-order valence-corrected chi connectivity index (χ4v) is 3.55. The lowest BCUT2D eigenvalue weighted by atomic mass is 9.86. The molecule has 1 aliphatic rings. The minimum atomic E-state index is 0.0670. The van der Waals surface area contributed by atoms with Crippen LogP contribution in [0.25, 0.3) is 0 Å². The second-order valence-electron chi connectivity index (χ2n) is 6.25. The van der Waals surface area contributed by atoms with E-state index in [-0.39, 0.29) is 11.6 Å². The largest absolute Gasteiger partial charge is 0.297 e. The highest BCUT2D eigenvalue weighted by atomic mass is 79.9. The molecule has 3 nitrogen and oxygen atoms in total. The van der Waals surface area contributed by atoms with E-state index in [2.05, 4.69) is 64.4 Å². The van der Waals surface area contributed by atoms with Gasteiger partial charge in [0.25, 0.3) is 0 Å². The summed E-state index contributed by atoms with van der Waals surface area (Å²) in [7, 11) is 0. The number of likely N-dealkylation sites (tertiary alicyclic amines) is 1. The van der Waals surface area contributed by atoms with Crippen LogP contribution in [0.1, 0.15) is 38.7 Å². The Bertz CT molecular complexity index is 427. The van der Waals surface area contributed by atoms with Crippen molar-refractivity contribution in [1.82, 2.24) is 10.3 Å². The first-order valence-electron chi connectivity index (χ1n) is 7.49. The molecule has 0 bridgehead atoms. The molecule has 1 aromatic carbocycles. The Morgan fingerprint density at radius 3 is 2.60 bits per heavy atom. The summed E-state index contributed by atoms with van der Waals surface area (Å²) in [6.45, 7) is 6.98. The van der Waals surface area contributed by atoms with Crippen molar-refractivity contribution in [3.63, 3.8) is 0 Å². The summed E-state index contributed by atoms with van der Waals surface area (Å²) in [5, 5.41) is 0. The third-order valence-electron chi connectivity index (χ3n) is 4.55. The van der Waals surface area contributed by atoms with E-state index in [9.17, 15) is 0 Å². The molecule has 1 aliphatic heterocycles. The average molecular weight is 340 g/mol. The Morgan fingerprint density at radius 2 is 2.00 bits per heavy atom. The number of hydrogen-bond acceptors (Lipinski definition) is 3. The highest BCUT2D eigenvalue weighted by Crippen LogP contribution is 2.26. The van der Waals surface area contributed by atoms with Gasteiger partial charge < -0.3 is 0 Å². The van der Waals surface area contributed by atoms with Gasteiger partial charge >= 0.3 is 0 Å². The zero-order valence-electron chi connectivity index (χ0n) is 12.5. The van der Waals surface area contributed by atoms with Gasteiger partial charge in [0.2, 0.25) is 0 Å². The first-order chi connectivity index (χ1) is 9.54. The van der Waals surface area contributed by atoms with Crippen molar-refractivity contribution in [2.75, 3.05) is 13.1 Å². The van der Waals surface area contributed by atoms with Gasteiger partial charge in [0.15, 0.2) is 0 Å². The van der Waals surface area contributed by atoms with Gasteiger partial charge in [-0.15, -0.1) is 0 Å². The highest BCUT2D eigenvalue weighted by molar-refractivity contribution is 9.10. The number of nitrogens with two attached hydrogens (primary N) is 1. The third kappa shape index (κ3) is 3.82. The van der Waals surface area contributed by atoms with E-state index in [4.69, 9.17) is 5.84 Å². The first kappa shape index (κ1) is 16.0. The van der Waals surface area contributed by atoms with Crippen LogP contribution in [0.15, 0.2) is 28.7 Å². The third-order valence-corrected chi connectivity index (χ3v) is 5.05. The van der Waals surface area contributed by atoms with Crippen LogP contribution in [0.5, 0.6) is 0 Å². The fourth-order valence-electron chi connectivity index (χ4n) is 3.10. The van der Waals surface area contributed by atoms with Gasteiger partial charge in [0.1, 0.15) is 0 Å². The van der Waals surface area contributed by atoms with Gasteiger partial charge in [-0.05, 0) is 63.9 Å². The molecule has 0 radical (unpaired) electrons. The molecule has 0 spiro atoms. The van der Waals surface area contributed by atoms with Crippen LogP contribution in [0.2, 0.25) is 0 Å². The quantitative estimate of drug-likeness (QED) is 0.639. The molecule has 20 heavy (non-hydrogen) atoms. The lowest BCUT2D eigenvalue weighted by molar-refractivity contribution is 0.0611. The topological polar surface area (TPSA) is 41.3 Å². The van der Waals surface area contributed by atoms with Crippen LogP contribution >= 0.6 is 15.9 Å². The van der Waals surface area contributed by atoms with Crippen LogP contribution in [0, 0.1) is 0 Å². The number of nitrogens with zero attached hydrogens (tertiary/aromatic N) is 1. The molecular formula is C16H26BrN3. The summed E-state index contributed by atoms with van der Waals surface area (Å²) in [6, 6.07) is 8.73. The van der Waals surface area contributed by atoms with Gasteiger partial charge in [-0.1, -0.05) is 34.5 Å². The Hall–Kier alpha value is -0.420. The number of rotatable bonds is 5. The number of hydrogen-bond donors (Lipinski definition) is 2. The second kappa shape index (κ2) is 7.03. The molecule has 0 saturated carbocycles. The average Bonchev–Trinajstić information content (AvgIpc) is 2.45. The summed E-state index contributed by atoms with van der Waals surface area (Å²) in [5.41, 5.74) is 4.43. The minimum Gasteiger partial charge on any atom is -0.297 e. The molecule has 0 aliphatic carbocycles. The van der Waals surface area contributed by atoms with Gasteiger partial charge in [0, 0.05) is 16.1 Å². The van der Waals surface area contributed by atoms with Crippen LogP contribution < -0.4 is 11.3 Å². The smallest absolute Gasteiger partial charge is 0.0429 e. The van der Waals surface area contributed by atoms with E-state index in [0.29, 0.717) is 0 Å². The maximum absolute atomic E-state index is 5.86. The standard InChI is InChI=1S/C16H26BrN3/c1-16(2,20-9-4-3-5-10-20)15(19-18)12-13-7-6-8-14(17)11-13/h6-8,11,15,19H,3-5,9-10,12,18H2,1-2H3. The maximum Gasteiger partial charge on any atom is 0.0429 e. The van der Waals surface area contributed by atoms with Crippen molar-refractivity contribution in [3.8, 4) is 0 Å². The molecule has 2 rings (SSSR count). The molecule has 4 heteroatoms. The van der Waals surface area contributed by atoms with Gasteiger partial charge in [0.05, 0.1) is 0 Å². The zero-order valence-corrected chi connectivity index (χ0v) is 14.1. The van der Waals surface area contributed by atoms with E-state index >= 15 is 0 Å². The van der Waals surface area contributed by atoms with Crippen molar-refractivity contribution in [2.24, 2.45) is 5.84 Å². The number of benzene rings is 1. The maximum atomic E-state index is 5.86. The van der Waals surface area contributed by atoms with Crippen LogP contribution in [0.4, 0.5) is 0 Å². The summed E-state index contributed by atoms with van der Waals surface area (Å²) >= 11 is 3.54. The van der Waals surface area contributed by atoms with E-state index in [1.165, 1.54) is 37.9 Å². The molecule has 0 amide bonds. The van der Waals surface area contributed by atoms with E-state index in [1.54, 1.807) is 0 Å². The molecule has 0 aromatic heterocycles. The molecule has 1 fully saturated rings. The first-order valence-corrected chi connectivity index (χ1v) is 8.29. The van der Waals surface area contributed by atoms with Crippen molar-refractivity contribution in [1.29, 1.82) is 0 Å². The van der Waals surface area contributed by atoms with Gasteiger partial charge in [-0.3, -0.25) is 16.2 Å². The summed E-state index contributed by atoms with van der Waals surface area (Å²) in [5.74, 6) is 5.86. The van der Waals surface area contributed by atoms with Crippen molar-refractivity contribution in [2.45, 2.75) is 51.1 Å². The summed E-state index contributed by atoms with van der Waals surface area (Å²) < 4.78 is 1.13. The predicted octanol–water partition coefficient (Wildman–Crippen LogP) is 3.09. The normalized spacial score (nSPS) is 19.0. The Morgan fingerprint density at radius 1 is 1.30 bits per heavy atom. The number of nitrogens with one attached hydrogen (secondary N) is 1. The molecule has 1 atom stereocenters. The van der Waals surface area contributed by atoms with E-state index < -0.39 is 0 Å². The molecule has 3 N–H and O–H groups in total. The van der Waals surface area contributed by atoms with Gasteiger partial charge in [-0.25, -0.2) is 0 Å². The lowest BCUT2D eigenvalue weighted by Crippen LogP contribution is -2.61. The minimum absolute atomic E-state index is 0.0670. The molecule has 112 valence electrons. The molecule has 1 unspecified atom stereocenters. The van der Waals surface area contributed by atoms with E-state index in [0.717, 1.165) is 10.9 Å². The lowest BCUT2D eigenvalue weighted by Gasteiger charge is -2.45. The number of halogens is 1.